The topological polar surface area (TPSA) is 128 Å². The zero-order chi connectivity index (χ0) is 19.5. The van der Waals surface area contributed by atoms with Crippen molar-refractivity contribution in [2.75, 3.05) is 26.3 Å². The van der Waals surface area contributed by atoms with E-state index < -0.39 is 37.1 Å². The lowest BCUT2D eigenvalue weighted by Crippen LogP contribution is -2.58. The van der Waals surface area contributed by atoms with Crippen molar-refractivity contribution < 1.29 is 19.4 Å². The van der Waals surface area contributed by atoms with Crippen molar-refractivity contribution in [1.82, 2.24) is 10.2 Å². The maximum Gasteiger partial charge on any atom is 0.277 e. The highest BCUT2D eigenvalue weighted by molar-refractivity contribution is 6.68. The summed E-state index contributed by atoms with van der Waals surface area (Å²) in [5.41, 5.74) is -1.49. The van der Waals surface area contributed by atoms with Gasteiger partial charge in [-0.2, -0.15) is 0 Å². The fraction of sp³-hybridized carbons (Fsp3) is 0.462. The molecule has 26 heavy (non-hydrogen) atoms. The molecule has 1 aliphatic heterocycles. The highest BCUT2D eigenvalue weighted by Gasteiger charge is 2.39. The molecule has 142 valence electrons. The van der Waals surface area contributed by atoms with Gasteiger partial charge in [-0.25, -0.2) is 0 Å². The van der Waals surface area contributed by atoms with Gasteiger partial charge in [0.2, 0.25) is 3.79 Å². The number of carbonyl (C=O) groups is 1. The first-order valence-corrected chi connectivity index (χ1v) is 8.36. The molecule has 0 spiro atoms. The summed E-state index contributed by atoms with van der Waals surface area (Å²) in [6.07, 6.45) is -1.05. The molecule has 0 aromatic heterocycles. The van der Waals surface area contributed by atoms with Crippen molar-refractivity contribution in [3.05, 3.63) is 44.0 Å². The second-order valence-electron chi connectivity index (χ2n) is 5.32. The minimum absolute atomic E-state index is 0.293. The fourth-order valence-corrected chi connectivity index (χ4v) is 2.94. The van der Waals surface area contributed by atoms with Crippen LogP contribution in [0.5, 0.6) is 0 Å². The molecule has 1 aliphatic rings. The maximum absolute atomic E-state index is 12.5. The number of benzene rings is 1. The Bertz CT molecular complexity index is 688. The molecule has 0 aliphatic carbocycles. The normalized spacial score (nSPS) is 16.7. The molecule has 1 amide bonds. The van der Waals surface area contributed by atoms with Gasteiger partial charge < -0.3 is 10.1 Å². The number of nitrogens with one attached hydrogen (secondary N) is 1. The van der Waals surface area contributed by atoms with E-state index in [-0.39, 0.29) is 5.56 Å². The second kappa shape index (κ2) is 8.31. The number of carbonyl (C=O) groups excluding carboxylic acids is 1. The van der Waals surface area contributed by atoms with Gasteiger partial charge in [0.05, 0.1) is 34.7 Å². The Morgan fingerprint density at radius 1 is 1.12 bits per heavy atom. The third-order valence-electron chi connectivity index (χ3n) is 3.58. The number of nitro groups is 2. The van der Waals surface area contributed by atoms with Crippen molar-refractivity contribution in [2.45, 2.75) is 9.96 Å². The first-order valence-electron chi connectivity index (χ1n) is 7.23. The van der Waals surface area contributed by atoms with E-state index in [9.17, 15) is 25.0 Å². The zero-order valence-corrected chi connectivity index (χ0v) is 15.3. The Hall–Kier alpha value is -1.72. The van der Waals surface area contributed by atoms with Crippen LogP contribution in [0.3, 0.4) is 0 Å². The third-order valence-corrected chi connectivity index (χ3v) is 4.20. The average Bonchev–Trinajstić information content (AvgIpc) is 2.58. The van der Waals surface area contributed by atoms with Gasteiger partial charge in [-0.1, -0.05) is 34.8 Å². The van der Waals surface area contributed by atoms with Gasteiger partial charge in [0.25, 0.3) is 17.3 Å². The number of alkyl halides is 3. The van der Waals surface area contributed by atoms with Crippen LogP contribution in [-0.2, 0) is 4.74 Å². The quantitative estimate of drug-likeness (QED) is 0.433. The Morgan fingerprint density at radius 3 is 2.04 bits per heavy atom. The van der Waals surface area contributed by atoms with Crippen LogP contribution in [0.25, 0.3) is 0 Å². The molecule has 2 rings (SSSR count). The zero-order valence-electron chi connectivity index (χ0n) is 13.1. The highest BCUT2D eigenvalue weighted by atomic mass is 35.6. The number of amides is 1. The number of nitro benzene ring substituents is 2. The number of rotatable bonds is 5. The molecule has 0 radical (unpaired) electrons. The molecule has 13 heteroatoms. The lowest BCUT2D eigenvalue weighted by Gasteiger charge is -2.38. The predicted molar refractivity (Wildman–Crippen MR) is 93.7 cm³/mol. The van der Waals surface area contributed by atoms with Crippen LogP contribution < -0.4 is 5.32 Å². The number of nitrogens with zero attached hydrogens (tertiary/aromatic N) is 3. The molecule has 1 N–H and O–H groups in total. The van der Waals surface area contributed by atoms with Gasteiger partial charge in [0.1, 0.15) is 6.17 Å². The molecule has 0 unspecified atom stereocenters. The molecule has 1 fully saturated rings. The van der Waals surface area contributed by atoms with E-state index in [2.05, 4.69) is 5.32 Å². The van der Waals surface area contributed by atoms with Crippen molar-refractivity contribution in [3.63, 3.8) is 0 Å². The monoisotopic (exact) mass is 426 g/mol. The van der Waals surface area contributed by atoms with Crippen LogP contribution in [0.1, 0.15) is 10.4 Å². The van der Waals surface area contributed by atoms with Gasteiger partial charge in [0, 0.05) is 25.2 Å². The van der Waals surface area contributed by atoms with Crippen molar-refractivity contribution in [3.8, 4) is 0 Å². The van der Waals surface area contributed by atoms with E-state index in [1.165, 1.54) is 0 Å². The van der Waals surface area contributed by atoms with E-state index in [1.54, 1.807) is 4.90 Å². The van der Waals surface area contributed by atoms with E-state index >= 15 is 0 Å². The minimum atomic E-state index is -1.90. The predicted octanol–water partition coefficient (Wildman–Crippen LogP) is 2.26. The fourth-order valence-electron chi connectivity index (χ4n) is 2.36. The van der Waals surface area contributed by atoms with Crippen molar-refractivity contribution in [2.24, 2.45) is 0 Å². The number of non-ortho nitro benzene ring substituents is 2. The molecule has 1 aromatic rings. The first kappa shape index (κ1) is 20.6. The van der Waals surface area contributed by atoms with Gasteiger partial charge >= 0.3 is 0 Å². The minimum Gasteiger partial charge on any atom is -0.379 e. The van der Waals surface area contributed by atoms with Crippen LogP contribution in [0.4, 0.5) is 11.4 Å². The van der Waals surface area contributed by atoms with Crippen LogP contribution in [-0.4, -0.2) is 56.9 Å². The van der Waals surface area contributed by atoms with E-state index in [1.807, 2.05) is 0 Å². The van der Waals surface area contributed by atoms with Crippen LogP contribution >= 0.6 is 34.8 Å². The summed E-state index contributed by atoms with van der Waals surface area (Å²) in [5, 5.41) is 24.4. The van der Waals surface area contributed by atoms with E-state index in [0.29, 0.717) is 26.3 Å². The Morgan fingerprint density at radius 2 is 1.62 bits per heavy atom. The molecule has 1 saturated heterocycles. The van der Waals surface area contributed by atoms with Crippen molar-refractivity contribution in [1.29, 1.82) is 0 Å². The Labute approximate surface area is 162 Å². The summed E-state index contributed by atoms with van der Waals surface area (Å²) >= 11 is 17.8. The van der Waals surface area contributed by atoms with Crippen molar-refractivity contribution >= 4 is 52.1 Å². The standard InChI is InChI=1S/C13H13Cl3N4O6/c14-13(15,16)12(18-1-3-26-4-2-18)17-11(21)8-5-9(19(22)23)7-10(6-8)20(24)25/h5-7,12H,1-4H2,(H,17,21)/t12-/m1/s1. The SMILES string of the molecule is O=C(N[C@H](N1CCOCC1)C(Cl)(Cl)Cl)c1cc([N+](=O)[O-])cc([N+](=O)[O-])c1. The Balaban J connectivity index is 2.31. The largest absolute Gasteiger partial charge is 0.379 e. The summed E-state index contributed by atoms with van der Waals surface area (Å²) in [6.45, 7) is 1.51. The molecule has 1 atom stereocenters. The van der Waals surface area contributed by atoms with Crippen LogP contribution in [0.2, 0.25) is 0 Å². The molecule has 10 nitrogen and oxygen atoms in total. The average molecular weight is 428 g/mol. The summed E-state index contributed by atoms with van der Waals surface area (Å²) in [6, 6.07) is 2.58. The first-order chi connectivity index (χ1) is 12.1. The van der Waals surface area contributed by atoms with Gasteiger partial charge in [0.15, 0.2) is 0 Å². The lowest BCUT2D eigenvalue weighted by atomic mass is 10.1. The molecular weight excluding hydrogens is 415 g/mol. The molecule has 0 saturated carbocycles. The van der Waals surface area contributed by atoms with Crippen LogP contribution in [0, 0.1) is 20.2 Å². The lowest BCUT2D eigenvalue weighted by molar-refractivity contribution is -0.394. The van der Waals surface area contributed by atoms with Gasteiger partial charge in [-0.3, -0.25) is 29.9 Å². The van der Waals surface area contributed by atoms with E-state index in [4.69, 9.17) is 39.5 Å². The molecule has 0 bridgehead atoms. The summed E-state index contributed by atoms with van der Waals surface area (Å²) in [7, 11) is 0. The van der Waals surface area contributed by atoms with E-state index in [0.717, 1.165) is 18.2 Å². The number of halogens is 3. The van der Waals surface area contributed by atoms with Crippen LogP contribution in [0.15, 0.2) is 18.2 Å². The highest BCUT2D eigenvalue weighted by Crippen LogP contribution is 2.33. The summed E-state index contributed by atoms with van der Waals surface area (Å²) < 4.78 is 3.30. The third kappa shape index (κ3) is 5.15. The number of morpholine rings is 1. The molecule has 1 heterocycles. The van der Waals surface area contributed by atoms with Gasteiger partial charge in [-0.15, -0.1) is 0 Å². The number of hydrogen-bond donors (Lipinski definition) is 1. The number of ether oxygens (including phenoxy) is 1. The summed E-state index contributed by atoms with van der Waals surface area (Å²) in [4.78, 5) is 34.4. The molecule has 1 aromatic carbocycles. The second-order valence-corrected chi connectivity index (χ2v) is 7.69. The smallest absolute Gasteiger partial charge is 0.277 e. The maximum atomic E-state index is 12.5. The summed E-state index contributed by atoms with van der Waals surface area (Å²) in [5.74, 6) is -0.848. The Kier molecular flexibility index (Phi) is 6.58. The number of hydrogen-bond acceptors (Lipinski definition) is 7. The molecular formula is C13H13Cl3N4O6. The van der Waals surface area contributed by atoms with Gasteiger partial charge in [-0.05, 0) is 0 Å².